The molecule has 0 atom stereocenters. The SMILES string of the molecule is Cc1cn(C2CCC(C)(C)CC2)c(=S)[nH]1. The molecule has 0 aromatic carbocycles. The molecule has 1 aliphatic carbocycles. The number of nitrogens with zero attached hydrogens (tertiary/aromatic N) is 1. The number of rotatable bonds is 1. The molecule has 1 aromatic rings. The van der Waals surface area contributed by atoms with Gasteiger partial charge in [-0.05, 0) is 50.2 Å². The maximum absolute atomic E-state index is 5.32. The normalized spacial score (nSPS) is 21.8. The smallest absolute Gasteiger partial charge is 0.177 e. The molecular formula is C12H20N2S. The van der Waals surface area contributed by atoms with Gasteiger partial charge in [-0.15, -0.1) is 0 Å². The van der Waals surface area contributed by atoms with Crippen molar-refractivity contribution < 1.29 is 0 Å². The molecule has 0 amide bonds. The third-order valence-corrected chi connectivity index (χ3v) is 3.89. The molecule has 1 aliphatic rings. The van der Waals surface area contributed by atoms with E-state index in [2.05, 4.69) is 36.5 Å². The molecule has 0 unspecified atom stereocenters. The molecular weight excluding hydrogens is 204 g/mol. The summed E-state index contributed by atoms with van der Waals surface area (Å²) in [5.74, 6) is 0. The van der Waals surface area contributed by atoms with E-state index in [0.717, 1.165) is 4.77 Å². The van der Waals surface area contributed by atoms with Crippen LogP contribution < -0.4 is 0 Å². The second kappa shape index (κ2) is 3.78. The van der Waals surface area contributed by atoms with Crippen LogP contribution in [0, 0.1) is 17.1 Å². The predicted octanol–water partition coefficient (Wildman–Crippen LogP) is 4.00. The van der Waals surface area contributed by atoms with Crippen molar-refractivity contribution in [1.82, 2.24) is 9.55 Å². The molecule has 0 saturated heterocycles. The first-order valence-electron chi connectivity index (χ1n) is 5.76. The van der Waals surface area contributed by atoms with Crippen LogP contribution in [-0.2, 0) is 0 Å². The number of aryl methyl sites for hydroxylation is 1. The van der Waals surface area contributed by atoms with Crippen LogP contribution in [0.15, 0.2) is 6.20 Å². The largest absolute Gasteiger partial charge is 0.335 e. The number of nitrogens with one attached hydrogen (secondary N) is 1. The van der Waals surface area contributed by atoms with Crippen LogP contribution in [0.3, 0.4) is 0 Å². The Hall–Kier alpha value is -0.570. The van der Waals surface area contributed by atoms with Crippen LogP contribution in [-0.4, -0.2) is 9.55 Å². The van der Waals surface area contributed by atoms with Crippen molar-refractivity contribution in [3.05, 3.63) is 16.7 Å². The van der Waals surface area contributed by atoms with Gasteiger partial charge >= 0.3 is 0 Å². The molecule has 0 bridgehead atoms. The minimum Gasteiger partial charge on any atom is -0.335 e. The number of aromatic amines is 1. The van der Waals surface area contributed by atoms with E-state index in [4.69, 9.17) is 12.2 Å². The Kier molecular flexibility index (Phi) is 2.75. The number of H-pyrrole nitrogens is 1. The minimum absolute atomic E-state index is 0.532. The summed E-state index contributed by atoms with van der Waals surface area (Å²) in [4.78, 5) is 3.20. The van der Waals surface area contributed by atoms with Gasteiger partial charge in [0.1, 0.15) is 0 Å². The Balaban J connectivity index is 2.14. The zero-order chi connectivity index (χ0) is 11.1. The lowest BCUT2D eigenvalue weighted by Crippen LogP contribution is -2.23. The van der Waals surface area contributed by atoms with E-state index in [-0.39, 0.29) is 0 Å². The highest BCUT2D eigenvalue weighted by Gasteiger charge is 2.27. The summed E-state index contributed by atoms with van der Waals surface area (Å²) in [6.07, 6.45) is 7.30. The van der Waals surface area contributed by atoms with Crippen LogP contribution in [0.5, 0.6) is 0 Å². The number of aromatic nitrogens is 2. The van der Waals surface area contributed by atoms with E-state index in [9.17, 15) is 0 Å². The molecule has 1 N–H and O–H groups in total. The molecule has 3 heteroatoms. The van der Waals surface area contributed by atoms with E-state index < -0.39 is 0 Å². The highest BCUT2D eigenvalue weighted by Crippen LogP contribution is 2.40. The fourth-order valence-corrected chi connectivity index (χ4v) is 2.83. The summed E-state index contributed by atoms with van der Waals surface area (Å²) in [6, 6.07) is 0.621. The molecule has 2 rings (SSSR count). The van der Waals surface area contributed by atoms with Gasteiger partial charge in [-0.2, -0.15) is 0 Å². The second-order valence-electron chi connectivity index (χ2n) is 5.54. The van der Waals surface area contributed by atoms with Crippen molar-refractivity contribution in [1.29, 1.82) is 0 Å². The first-order valence-corrected chi connectivity index (χ1v) is 6.16. The maximum atomic E-state index is 5.32. The topological polar surface area (TPSA) is 20.7 Å². The van der Waals surface area contributed by atoms with Gasteiger partial charge in [0.15, 0.2) is 4.77 Å². The summed E-state index contributed by atoms with van der Waals surface area (Å²) in [5, 5.41) is 0. The van der Waals surface area contributed by atoms with Crippen molar-refractivity contribution >= 4 is 12.2 Å². The molecule has 1 saturated carbocycles. The van der Waals surface area contributed by atoms with Crippen molar-refractivity contribution in [3.8, 4) is 0 Å². The Labute approximate surface area is 96.7 Å². The average molecular weight is 224 g/mol. The molecule has 1 fully saturated rings. The average Bonchev–Trinajstić information content (AvgIpc) is 2.45. The van der Waals surface area contributed by atoms with Crippen LogP contribution in [0.1, 0.15) is 51.3 Å². The first kappa shape index (κ1) is 10.9. The lowest BCUT2D eigenvalue weighted by atomic mass is 9.75. The Bertz CT molecular complexity index is 390. The first-order chi connectivity index (χ1) is 6.98. The number of imidazole rings is 1. The molecule has 1 aromatic heterocycles. The molecule has 2 nitrogen and oxygen atoms in total. The summed E-state index contributed by atoms with van der Waals surface area (Å²) < 4.78 is 3.14. The Morgan fingerprint density at radius 2 is 2.00 bits per heavy atom. The summed E-state index contributed by atoms with van der Waals surface area (Å²) in [6.45, 7) is 6.80. The second-order valence-corrected chi connectivity index (χ2v) is 5.93. The van der Waals surface area contributed by atoms with Gasteiger partial charge in [-0.3, -0.25) is 0 Å². The zero-order valence-corrected chi connectivity index (χ0v) is 10.7. The van der Waals surface area contributed by atoms with E-state index in [0.29, 0.717) is 11.5 Å². The highest BCUT2D eigenvalue weighted by molar-refractivity contribution is 7.71. The molecule has 0 radical (unpaired) electrons. The van der Waals surface area contributed by atoms with Gasteiger partial charge in [-0.1, -0.05) is 13.8 Å². The molecule has 0 spiro atoms. The lowest BCUT2D eigenvalue weighted by molar-refractivity contribution is 0.193. The summed E-state index contributed by atoms with van der Waals surface area (Å²) >= 11 is 5.32. The van der Waals surface area contributed by atoms with Crippen molar-refractivity contribution in [2.24, 2.45) is 5.41 Å². The third-order valence-electron chi connectivity index (χ3n) is 3.57. The van der Waals surface area contributed by atoms with Crippen LogP contribution in [0.2, 0.25) is 0 Å². The predicted molar refractivity (Wildman–Crippen MR) is 65.6 cm³/mol. The molecule has 15 heavy (non-hydrogen) atoms. The standard InChI is InChI=1S/C12H20N2S/c1-9-8-14(11(15)13-9)10-4-6-12(2,3)7-5-10/h8,10H,4-7H2,1-3H3,(H,13,15). The fraction of sp³-hybridized carbons (Fsp3) is 0.750. The fourth-order valence-electron chi connectivity index (χ4n) is 2.47. The van der Waals surface area contributed by atoms with Gasteiger partial charge in [0.05, 0.1) is 0 Å². The van der Waals surface area contributed by atoms with Crippen molar-refractivity contribution in [2.45, 2.75) is 52.5 Å². The maximum Gasteiger partial charge on any atom is 0.177 e. The number of hydrogen-bond acceptors (Lipinski definition) is 1. The van der Waals surface area contributed by atoms with Crippen molar-refractivity contribution in [2.75, 3.05) is 0 Å². The van der Waals surface area contributed by atoms with Crippen LogP contribution in [0.25, 0.3) is 0 Å². The van der Waals surface area contributed by atoms with E-state index >= 15 is 0 Å². The van der Waals surface area contributed by atoms with Gasteiger partial charge in [-0.25, -0.2) is 0 Å². The van der Waals surface area contributed by atoms with Crippen LogP contribution in [0.4, 0.5) is 0 Å². The Morgan fingerprint density at radius 3 is 2.47 bits per heavy atom. The van der Waals surface area contributed by atoms with Gasteiger partial charge < -0.3 is 9.55 Å². The van der Waals surface area contributed by atoms with Gasteiger partial charge in [0, 0.05) is 17.9 Å². The minimum atomic E-state index is 0.532. The zero-order valence-electron chi connectivity index (χ0n) is 9.84. The molecule has 0 aliphatic heterocycles. The van der Waals surface area contributed by atoms with E-state index in [1.165, 1.54) is 31.4 Å². The van der Waals surface area contributed by atoms with Crippen molar-refractivity contribution in [3.63, 3.8) is 0 Å². The quantitative estimate of drug-likeness (QED) is 0.715. The van der Waals surface area contributed by atoms with E-state index in [1.54, 1.807) is 0 Å². The van der Waals surface area contributed by atoms with Gasteiger partial charge in [0.2, 0.25) is 0 Å². The monoisotopic (exact) mass is 224 g/mol. The number of hydrogen-bond donors (Lipinski definition) is 1. The summed E-state index contributed by atoms with van der Waals surface area (Å²) in [7, 11) is 0. The lowest BCUT2D eigenvalue weighted by Gasteiger charge is -2.34. The highest BCUT2D eigenvalue weighted by atomic mass is 32.1. The Morgan fingerprint density at radius 1 is 1.40 bits per heavy atom. The van der Waals surface area contributed by atoms with Gasteiger partial charge in [0.25, 0.3) is 0 Å². The molecule has 84 valence electrons. The van der Waals surface area contributed by atoms with Crippen LogP contribution >= 0.6 is 12.2 Å². The summed E-state index contributed by atoms with van der Waals surface area (Å²) in [5.41, 5.74) is 1.70. The molecule has 1 heterocycles. The third kappa shape index (κ3) is 2.33. The van der Waals surface area contributed by atoms with E-state index in [1.807, 2.05) is 0 Å².